The average molecular weight is 403 g/mol. The van der Waals surface area contributed by atoms with E-state index in [0.717, 1.165) is 6.07 Å². The Morgan fingerprint density at radius 2 is 1.78 bits per heavy atom. The van der Waals surface area contributed by atoms with E-state index in [0.29, 0.717) is 11.1 Å². The van der Waals surface area contributed by atoms with Gasteiger partial charge in [-0.1, -0.05) is 35.9 Å². The normalized spacial score (nSPS) is 11.3. The van der Waals surface area contributed by atoms with E-state index >= 15 is 0 Å². The second kappa shape index (κ2) is 8.83. The molecule has 2 rings (SSSR count). The molecular weight excluding hydrogens is 389 g/mol. The Morgan fingerprint density at radius 3 is 2.37 bits per heavy atom. The number of nitro benzene ring substituents is 1. The van der Waals surface area contributed by atoms with Gasteiger partial charge in [-0.3, -0.25) is 14.9 Å². The number of nitrogens with zero attached hydrogens (tertiary/aromatic N) is 1. The second-order valence-electron chi connectivity index (χ2n) is 5.53. The van der Waals surface area contributed by atoms with Crippen molar-refractivity contribution in [2.75, 3.05) is 6.61 Å². The topological polar surface area (TPSA) is 81.5 Å². The molecule has 0 bridgehead atoms. The molecule has 6 nitrogen and oxygen atoms in total. The zero-order valence-corrected chi connectivity index (χ0v) is 14.5. The van der Waals surface area contributed by atoms with Gasteiger partial charge < -0.3 is 10.1 Å². The molecule has 0 fully saturated rings. The Labute approximate surface area is 157 Å². The molecule has 2 aromatic carbocycles. The highest BCUT2D eigenvalue weighted by Crippen LogP contribution is 2.22. The molecule has 0 unspecified atom stereocenters. The number of benzene rings is 2. The second-order valence-corrected chi connectivity index (χ2v) is 5.94. The minimum Gasteiger partial charge on any atom is -0.367 e. The predicted molar refractivity (Wildman–Crippen MR) is 91.4 cm³/mol. The van der Waals surface area contributed by atoms with Gasteiger partial charge in [-0.25, -0.2) is 0 Å². The highest BCUT2D eigenvalue weighted by Gasteiger charge is 2.27. The quantitative estimate of drug-likeness (QED) is 0.554. The maximum Gasteiger partial charge on any atom is 0.411 e. The minimum atomic E-state index is -4.38. The van der Waals surface area contributed by atoms with Crippen LogP contribution in [0, 0.1) is 10.1 Å². The molecule has 2 aromatic rings. The molecule has 0 aliphatic rings. The Bertz CT molecular complexity index is 826. The third-order valence-electron chi connectivity index (χ3n) is 3.42. The van der Waals surface area contributed by atoms with Crippen LogP contribution < -0.4 is 5.32 Å². The molecule has 0 heterocycles. The lowest BCUT2D eigenvalue weighted by molar-refractivity contribution is -0.384. The first-order valence-corrected chi connectivity index (χ1v) is 7.98. The van der Waals surface area contributed by atoms with Crippen molar-refractivity contribution < 1.29 is 27.6 Å². The molecule has 0 saturated carbocycles. The molecule has 0 aromatic heterocycles. The number of non-ortho nitro benzene ring substituents is 1. The average Bonchev–Trinajstić information content (AvgIpc) is 2.60. The Hall–Kier alpha value is -2.65. The lowest BCUT2D eigenvalue weighted by atomic mass is 10.1. The molecule has 0 aliphatic carbocycles. The molecule has 27 heavy (non-hydrogen) atoms. The van der Waals surface area contributed by atoms with Crippen molar-refractivity contribution in [1.29, 1.82) is 0 Å². The highest BCUT2D eigenvalue weighted by molar-refractivity contribution is 6.33. The van der Waals surface area contributed by atoms with Gasteiger partial charge in [0.1, 0.15) is 6.61 Å². The number of rotatable bonds is 7. The Kier molecular flexibility index (Phi) is 6.75. The smallest absolute Gasteiger partial charge is 0.367 e. The van der Waals surface area contributed by atoms with E-state index in [-0.39, 0.29) is 29.4 Å². The van der Waals surface area contributed by atoms with Gasteiger partial charge in [0, 0.05) is 18.7 Å². The van der Waals surface area contributed by atoms with Crippen LogP contribution in [0.5, 0.6) is 0 Å². The summed E-state index contributed by atoms with van der Waals surface area (Å²) in [6.45, 7) is -1.40. The van der Waals surface area contributed by atoms with Gasteiger partial charge in [0.25, 0.3) is 11.6 Å². The Morgan fingerprint density at radius 1 is 1.15 bits per heavy atom. The summed E-state index contributed by atoms with van der Waals surface area (Å²) >= 11 is 5.90. The third kappa shape index (κ3) is 6.54. The van der Waals surface area contributed by atoms with Crippen molar-refractivity contribution in [3.8, 4) is 0 Å². The van der Waals surface area contributed by atoms with Gasteiger partial charge >= 0.3 is 6.18 Å². The van der Waals surface area contributed by atoms with Crippen LogP contribution >= 0.6 is 11.6 Å². The third-order valence-corrected chi connectivity index (χ3v) is 3.75. The fraction of sp³-hybridized carbons (Fsp3) is 0.235. The summed E-state index contributed by atoms with van der Waals surface area (Å²) in [6.07, 6.45) is -4.38. The summed E-state index contributed by atoms with van der Waals surface area (Å²) in [6, 6.07) is 9.96. The summed E-state index contributed by atoms with van der Waals surface area (Å²) in [5.41, 5.74) is 0.955. The Balaban J connectivity index is 1.92. The number of alkyl halides is 3. The molecular formula is C17H14ClF3N2O4. The largest absolute Gasteiger partial charge is 0.411 e. The van der Waals surface area contributed by atoms with Crippen molar-refractivity contribution in [2.45, 2.75) is 19.3 Å². The lowest BCUT2D eigenvalue weighted by Crippen LogP contribution is -2.23. The van der Waals surface area contributed by atoms with Gasteiger partial charge in [-0.2, -0.15) is 13.2 Å². The van der Waals surface area contributed by atoms with E-state index in [9.17, 15) is 28.1 Å². The summed E-state index contributed by atoms with van der Waals surface area (Å²) in [7, 11) is 0. The van der Waals surface area contributed by atoms with E-state index in [1.807, 2.05) is 0 Å². The first kappa shape index (κ1) is 20.7. The van der Waals surface area contributed by atoms with Crippen LogP contribution in [0.4, 0.5) is 18.9 Å². The van der Waals surface area contributed by atoms with Crippen molar-refractivity contribution in [3.63, 3.8) is 0 Å². The first-order valence-electron chi connectivity index (χ1n) is 7.60. The van der Waals surface area contributed by atoms with Crippen LogP contribution in [0.1, 0.15) is 21.5 Å². The fourth-order valence-electron chi connectivity index (χ4n) is 2.12. The van der Waals surface area contributed by atoms with Crippen molar-refractivity contribution >= 4 is 23.2 Å². The number of hydrogen-bond acceptors (Lipinski definition) is 4. The van der Waals surface area contributed by atoms with E-state index < -0.39 is 23.6 Å². The molecule has 0 spiro atoms. The number of ether oxygens (including phenoxy) is 1. The summed E-state index contributed by atoms with van der Waals surface area (Å²) in [5.74, 6) is -0.582. The minimum absolute atomic E-state index is 0.0250. The molecule has 0 atom stereocenters. The zero-order valence-electron chi connectivity index (χ0n) is 13.8. The maximum absolute atomic E-state index is 12.2. The van der Waals surface area contributed by atoms with Crippen molar-refractivity contribution in [2.24, 2.45) is 0 Å². The first-order chi connectivity index (χ1) is 12.7. The number of carbonyl (C=O) groups excluding carboxylic acids is 1. The highest BCUT2D eigenvalue weighted by atomic mass is 35.5. The van der Waals surface area contributed by atoms with E-state index in [1.54, 1.807) is 24.3 Å². The monoisotopic (exact) mass is 402 g/mol. The predicted octanol–water partition coefficient (Wildman–Crippen LogP) is 4.26. The molecule has 0 radical (unpaired) electrons. The maximum atomic E-state index is 12.2. The van der Waals surface area contributed by atoms with E-state index in [4.69, 9.17) is 11.6 Å². The van der Waals surface area contributed by atoms with Crippen LogP contribution in [0.2, 0.25) is 5.02 Å². The van der Waals surface area contributed by atoms with Crippen molar-refractivity contribution in [3.05, 3.63) is 74.3 Å². The molecule has 1 N–H and O–H groups in total. The summed E-state index contributed by atoms with van der Waals surface area (Å²) in [4.78, 5) is 22.3. The summed E-state index contributed by atoms with van der Waals surface area (Å²) in [5, 5.41) is 13.4. The standard InChI is InChI=1S/C17H14ClF3N2O4/c18-15-6-5-13(23(25)26)7-14(15)16(24)22-8-11-1-3-12(4-2-11)9-27-10-17(19,20)21/h1-7H,8-10H2,(H,22,24). The molecule has 0 aliphatic heterocycles. The summed E-state index contributed by atoms with van der Waals surface area (Å²) < 4.78 is 40.6. The number of nitro groups is 1. The fourth-order valence-corrected chi connectivity index (χ4v) is 2.32. The van der Waals surface area contributed by atoms with Crippen molar-refractivity contribution in [1.82, 2.24) is 5.32 Å². The van der Waals surface area contributed by atoms with Gasteiger partial charge in [0.05, 0.1) is 22.1 Å². The molecule has 0 saturated heterocycles. The SMILES string of the molecule is O=C(NCc1ccc(COCC(F)(F)F)cc1)c1cc([N+](=O)[O-])ccc1Cl. The number of amides is 1. The van der Waals surface area contributed by atoms with E-state index in [1.165, 1.54) is 12.1 Å². The number of nitrogens with one attached hydrogen (secondary N) is 1. The number of halogens is 4. The van der Waals surface area contributed by atoms with E-state index in [2.05, 4.69) is 10.1 Å². The van der Waals surface area contributed by atoms with Crippen LogP contribution in [-0.4, -0.2) is 23.6 Å². The number of carbonyl (C=O) groups is 1. The molecule has 1 amide bonds. The van der Waals surface area contributed by atoms with Crippen LogP contribution in [-0.2, 0) is 17.9 Å². The molecule has 144 valence electrons. The lowest BCUT2D eigenvalue weighted by Gasteiger charge is -2.09. The van der Waals surface area contributed by atoms with Gasteiger partial charge in [-0.15, -0.1) is 0 Å². The number of hydrogen-bond donors (Lipinski definition) is 1. The zero-order chi connectivity index (χ0) is 20.0. The van der Waals surface area contributed by atoms with Crippen LogP contribution in [0.3, 0.4) is 0 Å². The van der Waals surface area contributed by atoms with Gasteiger partial charge in [-0.05, 0) is 17.2 Å². The van der Waals surface area contributed by atoms with Crippen LogP contribution in [0.15, 0.2) is 42.5 Å². The van der Waals surface area contributed by atoms with Crippen LogP contribution in [0.25, 0.3) is 0 Å². The van der Waals surface area contributed by atoms with Gasteiger partial charge in [0.15, 0.2) is 0 Å². The molecule has 10 heteroatoms. The van der Waals surface area contributed by atoms with Gasteiger partial charge in [0.2, 0.25) is 0 Å².